The highest BCUT2D eigenvalue weighted by molar-refractivity contribution is 6.75. The quantitative estimate of drug-likeness (QED) is 0.243. The van der Waals surface area contributed by atoms with Crippen molar-refractivity contribution in [1.82, 2.24) is 0 Å². The van der Waals surface area contributed by atoms with Gasteiger partial charge in [0.15, 0.2) is 25.0 Å². The molecule has 0 unspecified atom stereocenters. The van der Waals surface area contributed by atoms with Crippen molar-refractivity contribution in [3.8, 4) is 0 Å². The maximum atomic E-state index is 11.7. The van der Waals surface area contributed by atoms with E-state index in [-0.39, 0.29) is 51.9 Å². The largest absolute Gasteiger partial charge is 0.481 e. The van der Waals surface area contributed by atoms with Gasteiger partial charge >= 0.3 is 5.97 Å². The predicted octanol–water partition coefficient (Wildman–Crippen LogP) is 8.45. The van der Waals surface area contributed by atoms with Gasteiger partial charge < -0.3 is 23.1 Å². The van der Waals surface area contributed by atoms with Crippen molar-refractivity contribution in [2.24, 2.45) is 5.92 Å². The molecule has 1 N–H and O–H groups in total. The number of hydrogen-bond donors (Lipinski definition) is 1. The summed E-state index contributed by atoms with van der Waals surface area (Å²) in [7, 11) is -6.12. The Morgan fingerprint density at radius 2 is 1.24 bits per heavy atom. The first kappa shape index (κ1) is 36.0. The van der Waals surface area contributed by atoms with E-state index in [2.05, 4.69) is 102 Å². The first-order valence-electron chi connectivity index (χ1n) is 14.6. The molecular formula is C29H62O6Si3. The molecule has 0 aromatic heterocycles. The van der Waals surface area contributed by atoms with Crippen molar-refractivity contribution in [3.05, 3.63) is 0 Å². The molecule has 226 valence electrons. The molecule has 1 aliphatic heterocycles. The highest BCUT2D eigenvalue weighted by Crippen LogP contribution is 2.44. The molecule has 0 aliphatic carbocycles. The first-order valence-corrected chi connectivity index (χ1v) is 23.3. The first-order chi connectivity index (χ1) is 16.7. The molecule has 9 heteroatoms. The topological polar surface area (TPSA) is 74.2 Å². The van der Waals surface area contributed by atoms with Gasteiger partial charge in [0.05, 0.1) is 30.8 Å². The standard InChI is InChI=1S/C29H62O6Si3/c1-21(19-25(30)31)26-24(35-38(15,16)29(8,9)10)20-23(34-37(13,14)28(5,6)7)22(33-26)17-18-32-36(11,12)27(2,3)4/h21-24,26H,17-20H2,1-16H3,(H,30,31)/t21-,22+,23+,24-,26-/m0/s1. The number of carbonyl (C=O) groups is 1. The van der Waals surface area contributed by atoms with Crippen LogP contribution in [0.3, 0.4) is 0 Å². The summed E-state index contributed by atoms with van der Waals surface area (Å²) in [5, 5.41) is 9.85. The predicted molar refractivity (Wildman–Crippen MR) is 167 cm³/mol. The number of rotatable bonds is 11. The molecule has 0 saturated carbocycles. The Bertz CT molecular complexity index is 777. The summed E-state index contributed by atoms with van der Waals surface area (Å²) in [5.74, 6) is -0.968. The zero-order valence-corrected chi connectivity index (χ0v) is 30.7. The van der Waals surface area contributed by atoms with Gasteiger partial charge in [0.1, 0.15) is 0 Å². The third-order valence-electron chi connectivity index (χ3n) is 9.81. The lowest BCUT2D eigenvalue weighted by atomic mass is 9.88. The fourth-order valence-electron chi connectivity index (χ4n) is 4.03. The molecule has 1 fully saturated rings. The molecule has 0 bridgehead atoms. The molecule has 1 aliphatic rings. The highest BCUT2D eigenvalue weighted by atomic mass is 28.4. The van der Waals surface area contributed by atoms with Gasteiger partial charge in [-0.15, -0.1) is 0 Å². The van der Waals surface area contributed by atoms with Crippen LogP contribution in [0.2, 0.25) is 54.4 Å². The van der Waals surface area contributed by atoms with E-state index in [1.807, 2.05) is 6.92 Å². The van der Waals surface area contributed by atoms with E-state index < -0.39 is 30.9 Å². The average molecular weight is 591 g/mol. The van der Waals surface area contributed by atoms with Crippen LogP contribution in [0, 0.1) is 5.92 Å². The van der Waals surface area contributed by atoms with Crippen molar-refractivity contribution in [3.63, 3.8) is 0 Å². The van der Waals surface area contributed by atoms with E-state index in [9.17, 15) is 9.90 Å². The number of carboxylic acid groups (broad SMARTS) is 1. The van der Waals surface area contributed by atoms with E-state index in [4.69, 9.17) is 18.0 Å². The van der Waals surface area contributed by atoms with Crippen molar-refractivity contribution in [2.45, 2.75) is 167 Å². The van der Waals surface area contributed by atoms with Gasteiger partial charge in [-0.1, -0.05) is 69.2 Å². The lowest BCUT2D eigenvalue weighted by Crippen LogP contribution is -2.58. The second-order valence-corrected chi connectivity index (χ2v) is 30.5. The van der Waals surface area contributed by atoms with Crippen LogP contribution in [-0.4, -0.2) is 67.1 Å². The van der Waals surface area contributed by atoms with Crippen molar-refractivity contribution in [1.29, 1.82) is 0 Å². The van der Waals surface area contributed by atoms with Crippen LogP contribution < -0.4 is 0 Å². The van der Waals surface area contributed by atoms with Gasteiger partial charge in [0, 0.05) is 13.0 Å². The van der Waals surface area contributed by atoms with Crippen LogP contribution >= 0.6 is 0 Å². The lowest BCUT2D eigenvalue weighted by molar-refractivity contribution is -0.182. The summed E-state index contributed by atoms with van der Waals surface area (Å²) in [4.78, 5) is 11.7. The molecule has 1 rings (SSSR count). The minimum atomic E-state index is -2.13. The van der Waals surface area contributed by atoms with Gasteiger partial charge in [-0.3, -0.25) is 4.79 Å². The summed E-state index contributed by atoms with van der Waals surface area (Å²) < 4.78 is 27.4. The number of carboxylic acids is 1. The third kappa shape index (κ3) is 9.52. The van der Waals surface area contributed by atoms with Gasteiger partial charge in [0.2, 0.25) is 0 Å². The van der Waals surface area contributed by atoms with E-state index >= 15 is 0 Å². The zero-order valence-electron chi connectivity index (χ0n) is 27.7. The molecule has 38 heavy (non-hydrogen) atoms. The van der Waals surface area contributed by atoms with Gasteiger partial charge in [0.25, 0.3) is 0 Å². The SMILES string of the molecule is C[C@@H](CC(=O)O)[C@@H]1O[C@H](CCO[Si](C)(C)C(C)(C)C)[C@H](O[Si](C)(C)C(C)(C)C)C[C@@H]1O[Si](C)(C)C(C)(C)C. The molecule has 0 aromatic carbocycles. The Balaban J connectivity index is 3.37. The summed E-state index contributed by atoms with van der Waals surface area (Å²) in [6, 6.07) is 0. The average Bonchev–Trinajstić information content (AvgIpc) is 2.65. The number of aliphatic carboxylic acids is 1. The Labute approximate surface area is 238 Å². The highest BCUT2D eigenvalue weighted by Gasteiger charge is 2.49. The second-order valence-electron chi connectivity index (χ2n) is 16.2. The molecule has 1 saturated heterocycles. The minimum absolute atomic E-state index is 0.0389. The lowest BCUT2D eigenvalue weighted by Gasteiger charge is -2.50. The summed E-state index contributed by atoms with van der Waals surface area (Å²) >= 11 is 0. The monoisotopic (exact) mass is 590 g/mol. The fourth-order valence-corrected chi connectivity index (χ4v) is 7.79. The van der Waals surface area contributed by atoms with Crippen molar-refractivity contribution < 1.29 is 27.9 Å². The second kappa shape index (κ2) is 12.4. The zero-order chi connectivity index (χ0) is 30.1. The minimum Gasteiger partial charge on any atom is -0.481 e. The van der Waals surface area contributed by atoms with E-state index in [1.54, 1.807) is 0 Å². The van der Waals surface area contributed by atoms with Crippen molar-refractivity contribution >= 4 is 30.9 Å². The maximum absolute atomic E-state index is 11.7. The molecule has 5 atom stereocenters. The smallest absolute Gasteiger partial charge is 0.303 e. The number of ether oxygens (including phenoxy) is 1. The van der Waals surface area contributed by atoms with Crippen LogP contribution in [0.15, 0.2) is 0 Å². The maximum Gasteiger partial charge on any atom is 0.303 e. The van der Waals surface area contributed by atoms with Crippen LogP contribution in [-0.2, 0) is 22.8 Å². The summed E-state index contributed by atoms with van der Waals surface area (Å²) in [6.07, 6.45) is 0.752. The summed E-state index contributed by atoms with van der Waals surface area (Å²) in [6.45, 7) is 36.5. The number of hydrogen-bond acceptors (Lipinski definition) is 5. The normalized spacial score (nSPS) is 25.4. The molecular weight excluding hydrogens is 529 g/mol. The molecule has 0 spiro atoms. The van der Waals surface area contributed by atoms with Crippen LogP contribution in [0.5, 0.6) is 0 Å². The Morgan fingerprint density at radius 3 is 1.63 bits per heavy atom. The Kier molecular flexibility index (Phi) is 11.8. The fraction of sp³-hybridized carbons (Fsp3) is 0.966. The van der Waals surface area contributed by atoms with Crippen LogP contribution in [0.1, 0.15) is 88.5 Å². The van der Waals surface area contributed by atoms with Crippen LogP contribution in [0.25, 0.3) is 0 Å². The molecule has 6 nitrogen and oxygen atoms in total. The summed E-state index contributed by atoms with van der Waals surface area (Å²) in [5.41, 5.74) is 0. The molecule has 0 radical (unpaired) electrons. The van der Waals surface area contributed by atoms with Crippen molar-refractivity contribution in [2.75, 3.05) is 6.61 Å². The third-order valence-corrected chi connectivity index (χ3v) is 23.4. The molecule has 0 amide bonds. The van der Waals surface area contributed by atoms with Gasteiger partial charge in [-0.2, -0.15) is 0 Å². The van der Waals surface area contributed by atoms with Crippen LogP contribution in [0.4, 0.5) is 0 Å². The van der Waals surface area contributed by atoms with E-state index in [0.717, 1.165) is 12.8 Å². The Hall–Kier alpha value is -0.0394. The van der Waals surface area contributed by atoms with Gasteiger partial charge in [-0.25, -0.2) is 0 Å². The van der Waals surface area contributed by atoms with E-state index in [1.165, 1.54) is 0 Å². The van der Waals surface area contributed by atoms with Gasteiger partial charge in [-0.05, 0) is 66.7 Å². The Morgan fingerprint density at radius 1 is 0.816 bits per heavy atom. The molecule has 0 aromatic rings. The molecule has 1 heterocycles. The van der Waals surface area contributed by atoms with E-state index in [0.29, 0.717) is 6.61 Å².